The van der Waals surface area contributed by atoms with Gasteiger partial charge in [-0.15, -0.1) is 0 Å². The number of piperidine rings is 1. The highest BCUT2D eigenvalue weighted by atomic mass is 16.3. The molecule has 8 nitrogen and oxygen atoms in total. The Kier molecular flexibility index (Phi) is 4.32. The van der Waals surface area contributed by atoms with Gasteiger partial charge in [-0.3, -0.25) is 9.48 Å². The summed E-state index contributed by atoms with van der Waals surface area (Å²) in [6.45, 7) is 4.87. The number of pyridine rings is 1. The number of aromatic nitrogens is 5. The minimum absolute atomic E-state index is 0.0683. The number of benzene rings is 1. The maximum Gasteiger partial charge on any atom is 0.261 e. The first-order valence-electron chi connectivity index (χ1n) is 10.2. The minimum atomic E-state index is -0.0683. The van der Waals surface area contributed by atoms with Crippen LogP contribution in [0.5, 0.6) is 5.75 Å². The Morgan fingerprint density at radius 3 is 2.97 bits per heavy atom. The predicted molar refractivity (Wildman–Crippen MR) is 116 cm³/mol. The van der Waals surface area contributed by atoms with E-state index in [4.69, 9.17) is 0 Å². The third-order valence-electron chi connectivity index (χ3n) is 6.03. The van der Waals surface area contributed by atoms with Crippen LogP contribution in [0.15, 0.2) is 35.5 Å². The molecule has 0 radical (unpaired) electrons. The van der Waals surface area contributed by atoms with Crippen molar-refractivity contribution in [3.05, 3.63) is 46.6 Å². The van der Waals surface area contributed by atoms with Crippen molar-refractivity contribution >= 4 is 21.8 Å². The highest BCUT2D eigenvalue weighted by Gasteiger charge is 2.22. The van der Waals surface area contributed by atoms with Gasteiger partial charge in [0.2, 0.25) is 0 Å². The Balaban J connectivity index is 1.61. The Hall–Kier alpha value is -3.26. The first-order chi connectivity index (χ1) is 14.4. The number of nitrogens with zero attached hydrogens (tertiary/aromatic N) is 5. The summed E-state index contributed by atoms with van der Waals surface area (Å²) in [4.78, 5) is 22.1. The molecule has 30 heavy (non-hydrogen) atoms. The fourth-order valence-corrected chi connectivity index (χ4v) is 4.43. The van der Waals surface area contributed by atoms with Gasteiger partial charge in [-0.1, -0.05) is 0 Å². The van der Waals surface area contributed by atoms with Gasteiger partial charge in [0.25, 0.3) is 5.56 Å². The van der Waals surface area contributed by atoms with E-state index in [9.17, 15) is 9.90 Å². The summed E-state index contributed by atoms with van der Waals surface area (Å²) in [5.74, 6) is 0.499. The second-order valence-corrected chi connectivity index (χ2v) is 8.19. The first kappa shape index (κ1) is 18.7. The van der Waals surface area contributed by atoms with Crippen molar-refractivity contribution in [1.82, 2.24) is 29.6 Å². The largest absolute Gasteiger partial charge is 0.507 e. The van der Waals surface area contributed by atoms with Gasteiger partial charge < -0.3 is 15.0 Å². The molecule has 0 amide bonds. The standard InChI is InChI=1S/C22H24N6O2/c1-12-8-15(4-6-23-12)28-7-5-18-17(22(28)30)10-24-21(25-18)16-9-14-11-27(3)26-19(14)13(2)20(16)29/h5,7,9-12,15,23,29H,4,6,8H2,1-3H3/t12-,15+/m0/s1. The van der Waals surface area contributed by atoms with E-state index in [0.717, 1.165) is 30.3 Å². The van der Waals surface area contributed by atoms with Crippen LogP contribution in [0.2, 0.25) is 0 Å². The average molecular weight is 404 g/mol. The van der Waals surface area contributed by atoms with Gasteiger partial charge in [-0.2, -0.15) is 5.10 Å². The summed E-state index contributed by atoms with van der Waals surface area (Å²) < 4.78 is 3.53. The molecule has 1 aromatic carbocycles. The highest BCUT2D eigenvalue weighted by Crippen LogP contribution is 2.35. The monoisotopic (exact) mass is 404 g/mol. The third kappa shape index (κ3) is 2.95. The molecular formula is C22H24N6O2. The first-order valence-corrected chi connectivity index (χ1v) is 10.2. The molecule has 8 heteroatoms. The normalized spacial score (nSPS) is 19.6. The summed E-state index contributed by atoms with van der Waals surface area (Å²) in [6.07, 6.45) is 7.14. The van der Waals surface area contributed by atoms with Crippen molar-refractivity contribution in [3.8, 4) is 17.1 Å². The van der Waals surface area contributed by atoms with Gasteiger partial charge in [-0.05, 0) is 45.4 Å². The topological polar surface area (TPSA) is 97.9 Å². The highest BCUT2D eigenvalue weighted by molar-refractivity contribution is 5.90. The number of aryl methyl sites for hydroxylation is 2. The molecule has 0 bridgehead atoms. The molecule has 0 unspecified atom stereocenters. The van der Waals surface area contributed by atoms with Crippen LogP contribution >= 0.6 is 0 Å². The molecule has 2 atom stereocenters. The lowest BCUT2D eigenvalue weighted by Gasteiger charge is -2.29. The lowest BCUT2D eigenvalue weighted by atomic mass is 10.00. The molecule has 1 aliphatic rings. The van der Waals surface area contributed by atoms with Crippen LogP contribution in [-0.4, -0.2) is 42.0 Å². The fourth-order valence-electron chi connectivity index (χ4n) is 4.43. The molecule has 1 fully saturated rings. The van der Waals surface area contributed by atoms with Gasteiger partial charge in [-0.25, -0.2) is 9.97 Å². The Morgan fingerprint density at radius 1 is 1.33 bits per heavy atom. The van der Waals surface area contributed by atoms with Crippen molar-refractivity contribution in [2.45, 2.75) is 38.8 Å². The summed E-state index contributed by atoms with van der Waals surface area (Å²) in [5, 5.41) is 19.9. The number of phenols is 1. The van der Waals surface area contributed by atoms with Crippen LogP contribution in [0.3, 0.4) is 0 Å². The molecule has 0 aliphatic carbocycles. The van der Waals surface area contributed by atoms with Crippen LogP contribution in [0.1, 0.15) is 31.4 Å². The van der Waals surface area contributed by atoms with Gasteiger partial charge in [0.05, 0.1) is 22.0 Å². The molecule has 0 spiro atoms. The van der Waals surface area contributed by atoms with Crippen molar-refractivity contribution in [1.29, 1.82) is 0 Å². The van der Waals surface area contributed by atoms with Crippen molar-refractivity contribution in [3.63, 3.8) is 0 Å². The predicted octanol–water partition coefficient (Wildman–Crippen LogP) is 2.67. The third-order valence-corrected chi connectivity index (χ3v) is 6.03. The maximum atomic E-state index is 13.1. The molecule has 4 aromatic rings. The average Bonchev–Trinajstić information content (AvgIpc) is 3.11. The van der Waals surface area contributed by atoms with E-state index in [1.54, 1.807) is 10.9 Å². The quantitative estimate of drug-likeness (QED) is 0.533. The zero-order valence-electron chi connectivity index (χ0n) is 17.3. The van der Waals surface area contributed by atoms with E-state index >= 15 is 0 Å². The number of phenolic OH excluding ortho intramolecular Hbond substituents is 1. The molecule has 5 rings (SSSR count). The second-order valence-electron chi connectivity index (χ2n) is 8.19. The van der Waals surface area contributed by atoms with Crippen molar-refractivity contribution in [2.75, 3.05) is 6.54 Å². The molecule has 154 valence electrons. The van der Waals surface area contributed by atoms with E-state index in [-0.39, 0.29) is 17.4 Å². The van der Waals surface area contributed by atoms with Gasteiger partial charge in [0, 0.05) is 48.7 Å². The molecule has 1 saturated heterocycles. The van der Waals surface area contributed by atoms with E-state index in [0.29, 0.717) is 33.9 Å². The van der Waals surface area contributed by atoms with Crippen LogP contribution in [-0.2, 0) is 7.05 Å². The number of rotatable bonds is 2. The Bertz CT molecular complexity index is 1340. The minimum Gasteiger partial charge on any atom is -0.507 e. The summed E-state index contributed by atoms with van der Waals surface area (Å²) >= 11 is 0. The fraction of sp³-hybridized carbons (Fsp3) is 0.364. The van der Waals surface area contributed by atoms with Gasteiger partial charge >= 0.3 is 0 Å². The zero-order chi connectivity index (χ0) is 21.0. The molecule has 2 N–H and O–H groups in total. The lowest BCUT2D eigenvalue weighted by molar-refractivity contribution is 0.309. The van der Waals surface area contributed by atoms with Crippen molar-refractivity contribution < 1.29 is 5.11 Å². The van der Waals surface area contributed by atoms with E-state index < -0.39 is 0 Å². The maximum absolute atomic E-state index is 13.1. The smallest absolute Gasteiger partial charge is 0.261 e. The molecule has 0 saturated carbocycles. The number of aromatic hydroxyl groups is 1. The summed E-state index contributed by atoms with van der Waals surface area (Å²) in [7, 11) is 1.84. The SMILES string of the molecule is Cc1c(O)c(-c2ncc3c(=O)n([C@@H]4CCN[C@@H](C)C4)ccc3n2)cc2cn(C)nc12. The number of hydrogen-bond acceptors (Lipinski definition) is 6. The van der Waals surface area contributed by atoms with Crippen molar-refractivity contribution in [2.24, 2.45) is 7.05 Å². The summed E-state index contributed by atoms with van der Waals surface area (Å²) in [6, 6.07) is 4.26. The lowest BCUT2D eigenvalue weighted by Crippen LogP contribution is -2.39. The number of hydrogen-bond donors (Lipinski definition) is 2. The number of nitrogens with one attached hydrogen (secondary N) is 1. The molecular weight excluding hydrogens is 380 g/mol. The van der Waals surface area contributed by atoms with Crippen LogP contribution < -0.4 is 10.9 Å². The van der Waals surface area contributed by atoms with Crippen LogP contribution in [0, 0.1) is 6.92 Å². The van der Waals surface area contributed by atoms with Gasteiger partial charge in [0.1, 0.15) is 5.75 Å². The molecule has 4 heterocycles. The second kappa shape index (κ2) is 6.91. The van der Waals surface area contributed by atoms with Crippen LogP contribution in [0.4, 0.5) is 0 Å². The summed E-state index contributed by atoms with van der Waals surface area (Å²) in [5.41, 5.74) is 2.47. The van der Waals surface area contributed by atoms with Gasteiger partial charge in [0.15, 0.2) is 5.82 Å². The Labute approximate surface area is 173 Å². The zero-order valence-corrected chi connectivity index (χ0v) is 17.3. The molecule has 1 aliphatic heterocycles. The number of fused-ring (bicyclic) bond motifs is 2. The van der Waals surface area contributed by atoms with E-state index in [1.165, 1.54) is 0 Å². The Morgan fingerprint density at radius 2 is 2.17 bits per heavy atom. The van der Waals surface area contributed by atoms with E-state index in [2.05, 4.69) is 27.3 Å². The molecule has 3 aromatic heterocycles. The van der Waals surface area contributed by atoms with Crippen LogP contribution in [0.25, 0.3) is 33.2 Å². The van der Waals surface area contributed by atoms with E-state index in [1.807, 2.05) is 43.1 Å².